The van der Waals surface area contributed by atoms with Crippen LogP contribution in [0.25, 0.3) is 10.8 Å². The minimum absolute atomic E-state index is 0.0689. The van der Waals surface area contributed by atoms with Crippen molar-refractivity contribution >= 4 is 26.5 Å². The van der Waals surface area contributed by atoms with Gasteiger partial charge >= 0.3 is 0 Å². The number of likely N-dealkylation sites (tertiary alicyclic amines) is 1. The average Bonchev–Trinajstić information content (AvgIpc) is 2.78. The lowest BCUT2D eigenvalue weighted by Crippen LogP contribution is -2.62. The monoisotopic (exact) mass is 483 g/mol. The number of anilines is 1. The SMILES string of the molecule is CN(C)c1cccc2c(S(=O)(=O)NCCOCCN3C[C@H](O)[C@@H](O)[C@H](O)[C@H]3CO)cccc12. The van der Waals surface area contributed by atoms with Gasteiger partial charge < -0.3 is 30.1 Å². The summed E-state index contributed by atoms with van der Waals surface area (Å²) in [7, 11) is 0.0527. The summed E-state index contributed by atoms with van der Waals surface area (Å²) >= 11 is 0. The smallest absolute Gasteiger partial charge is 0.241 e. The van der Waals surface area contributed by atoms with Crippen LogP contribution < -0.4 is 9.62 Å². The number of aliphatic hydroxyl groups is 4. The highest BCUT2D eigenvalue weighted by Crippen LogP contribution is 2.30. The number of fused-ring (bicyclic) bond motifs is 1. The molecule has 2 aromatic carbocycles. The first-order valence-electron chi connectivity index (χ1n) is 10.8. The average molecular weight is 484 g/mol. The molecule has 0 aliphatic carbocycles. The molecule has 0 amide bonds. The number of sulfonamides is 1. The van der Waals surface area contributed by atoms with Crippen molar-refractivity contribution in [1.82, 2.24) is 9.62 Å². The minimum atomic E-state index is -3.76. The summed E-state index contributed by atoms with van der Waals surface area (Å²) < 4.78 is 33.9. The van der Waals surface area contributed by atoms with Gasteiger partial charge in [0.05, 0.1) is 36.9 Å². The molecule has 1 aliphatic heterocycles. The molecule has 184 valence electrons. The van der Waals surface area contributed by atoms with Gasteiger partial charge in [0, 0.05) is 50.2 Å². The molecular formula is C22H33N3O7S. The molecule has 0 bridgehead atoms. The maximum Gasteiger partial charge on any atom is 0.241 e. The van der Waals surface area contributed by atoms with Crippen LogP contribution in [0.3, 0.4) is 0 Å². The summed E-state index contributed by atoms with van der Waals surface area (Å²) in [6, 6.07) is 10.0. The summed E-state index contributed by atoms with van der Waals surface area (Å²) in [5, 5.41) is 40.6. The van der Waals surface area contributed by atoms with Gasteiger partial charge in [-0.2, -0.15) is 0 Å². The highest BCUT2D eigenvalue weighted by molar-refractivity contribution is 7.89. The Hall–Kier alpha value is -1.83. The van der Waals surface area contributed by atoms with E-state index >= 15 is 0 Å². The highest BCUT2D eigenvalue weighted by atomic mass is 32.2. The lowest BCUT2D eigenvalue weighted by molar-refractivity contribution is -0.147. The fourth-order valence-corrected chi connectivity index (χ4v) is 5.37. The molecule has 10 nitrogen and oxygen atoms in total. The summed E-state index contributed by atoms with van der Waals surface area (Å²) in [6.07, 6.45) is -3.70. The first-order chi connectivity index (χ1) is 15.7. The number of β-amino-alcohol motifs (C(OH)–C–C–N with tert-alkyl or cyclic N) is 1. The molecule has 11 heteroatoms. The van der Waals surface area contributed by atoms with E-state index in [0.717, 1.165) is 11.1 Å². The van der Waals surface area contributed by atoms with Crippen molar-refractivity contribution in [1.29, 1.82) is 0 Å². The van der Waals surface area contributed by atoms with Gasteiger partial charge in [0.2, 0.25) is 10.0 Å². The molecule has 33 heavy (non-hydrogen) atoms. The number of nitrogens with one attached hydrogen (secondary N) is 1. The molecular weight excluding hydrogens is 450 g/mol. The van der Waals surface area contributed by atoms with E-state index in [1.165, 1.54) is 0 Å². The molecule has 2 aromatic rings. The molecule has 0 radical (unpaired) electrons. The number of rotatable bonds is 10. The molecule has 3 rings (SSSR count). The molecule has 4 atom stereocenters. The number of benzene rings is 2. The van der Waals surface area contributed by atoms with Crippen molar-refractivity contribution in [2.24, 2.45) is 0 Å². The molecule has 1 saturated heterocycles. The second-order valence-electron chi connectivity index (χ2n) is 8.33. The Morgan fingerprint density at radius 3 is 2.45 bits per heavy atom. The van der Waals surface area contributed by atoms with E-state index in [-0.39, 0.29) is 37.8 Å². The van der Waals surface area contributed by atoms with E-state index in [4.69, 9.17) is 4.74 Å². The van der Waals surface area contributed by atoms with Crippen LogP contribution in [-0.2, 0) is 14.8 Å². The third-order valence-electron chi connectivity index (χ3n) is 5.91. The molecule has 5 N–H and O–H groups in total. The Labute approximate surface area is 194 Å². The number of aliphatic hydroxyl groups excluding tert-OH is 4. The van der Waals surface area contributed by atoms with E-state index < -0.39 is 34.4 Å². The van der Waals surface area contributed by atoms with Crippen LogP contribution in [0.5, 0.6) is 0 Å². The molecule has 0 spiro atoms. The summed E-state index contributed by atoms with van der Waals surface area (Å²) in [6.45, 7) is 0.419. The van der Waals surface area contributed by atoms with E-state index in [1.807, 2.05) is 37.2 Å². The third-order valence-corrected chi connectivity index (χ3v) is 7.43. The maximum absolute atomic E-state index is 12.9. The quantitative estimate of drug-likeness (QED) is 0.268. The predicted octanol–water partition coefficient (Wildman–Crippen LogP) is -1.04. The normalized spacial score (nSPS) is 24.3. The van der Waals surface area contributed by atoms with Gasteiger partial charge in [0.1, 0.15) is 12.2 Å². The molecule has 1 heterocycles. The van der Waals surface area contributed by atoms with E-state index in [0.29, 0.717) is 11.9 Å². The van der Waals surface area contributed by atoms with Gasteiger partial charge in [0.15, 0.2) is 0 Å². The van der Waals surface area contributed by atoms with E-state index in [9.17, 15) is 28.8 Å². The first-order valence-corrected chi connectivity index (χ1v) is 12.3. The lowest BCUT2D eigenvalue weighted by atomic mass is 9.94. The second kappa shape index (κ2) is 11.1. The third kappa shape index (κ3) is 5.81. The van der Waals surface area contributed by atoms with Crippen molar-refractivity contribution in [2.75, 3.05) is 58.5 Å². The Balaban J connectivity index is 1.54. The number of nitrogens with zero attached hydrogens (tertiary/aromatic N) is 2. The van der Waals surface area contributed by atoms with Gasteiger partial charge in [-0.15, -0.1) is 0 Å². The van der Waals surface area contributed by atoms with Gasteiger partial charge in [-0.1, -0.05) is 24.3 Å². The van der Waals surface area contributed by atoms with Crippen LogP contribution in [0.1, 0.15) is 0 Å². The zero-order valence-electron chi connectivity index (χ0n) is 18.8. The Bertz CT molecular complexity index is 1030. The van der Waals surface area contributed by atoms with Crippen molar-refractivity contribution < 1.29 is 33.6 Å². The van der Waals surface area contributed by atoms with Crippen LogP contribution in [0, 0.1) is 0 Å². The molecule has 1 aliphatic rings. The van der Waals surface area contributed by atoms with Crippen molar-refractivity contribution in [2.45, 2.75) is 29.2 Å². The van der Waals surface area contributed by atoms with Gasteiger partial charge in [-0.05, 0) is 12.1 Å². The summed E-state index contributed by atoms with van der Waals surface area (Å²) in [5.41, 5.74) is 0.925. The first kappa shape index (κ1) is 25.8. The largest absolute Gasteiger partial charge is 0.395 e. The van der Waals surface area contributed by atoms with Gasteiger partial charge in [-0.25, -0.2) is 13.1 Å². The van der Waals surface area contributed by atoms with Crippen LogP contribution in [0.15, 0.2) is 41.3 Å². The van der Waals surface area contributed by atoms with Crippen LogP contribution in [-0.4, -0.2) is 112 Å². The summed E-state index contributed by atoms with van der Waals surface area (Å²) in [5.74, 6) is 0. The number of hydrogen-bond acceptors (Lipinski definition) is 9. The number of ether oxygens (including phenoxy) is 1. The van der Waals surface area contributed by atoms with Crippen molar-refractivity contribution in [3.8, 4) is 0 Å². The topological polar surface area (TPSA) is 143 Å². The minimum Gasteiger partial charge on any atom is -0.395 e. The Kier molecular flexibility index (Phi) is 8.65. The Morgan fingerprint density at radius 1 is 1.06 bits per heavy atom. The van der Waals surface area contributed by atoms with E-state index in [2.05, 4.69) is 4.72 Å². The molecule has 0 unspecified atom stereocenters. The number of hydrogen-bond donors (Lipinski definition) is 5. The zero-order valence-corrected chi connectivity index (χ0v) is 19.6. The maximum atomic E-state index is 12.9. The fraction of sp³-hybridized carbons (Fsp3) is 0.545. The Morgan fingerprint density at radius 2 is 1.76 bits per heavy atom. The van der Waals surface area contributed by atoms with Crippen LogP contribution in [0.2, 0.25) is 0 Å². The molecule has 1 fully saturated rings. The van der Waals surface area contributed by atoms with Crippen LogP contribution >= 0.6 is 0 Å². The molecule has 0 saturated carbocycles. The van der Waals surface area contributed by atoms with Crippen molar-refractivity contribution in [3.05, 3.63) is 36.4 Å². The summed E-state index contributed by atoms with van der Waals surface area (Å²) in [4.78, 5) is 3.77. The highest BCUT2D eigenvalue weighted by Gasteiger charge is 2.40. The van der Waals surface area contributed by atoms with Crippen molar-refractivity contribution in [3.63, 3.8) is 0 Å². The zero-order chi connectivity index (χ0) is 24.2. The predicted molar refractivity (Wildman–Crippen MR) is 125 cm³/mol. The second-order valence-corrected chi connectivity index (χ2v) is 10.1. The van der Waals surface area contributed by atoms with E-state index in [1.54, 1.807) is 23.1 Å². The molecule has 0 aromatic heterocycles. The fourth-order valence-electron chi connectivity index (χ4n) is 4.13. The lowest BCUT2D eigenvalue weighted by Gasteiger charge is -2.43. The van der Waals surface area contributed by atoms with Gasteiger partial charge in [-0.3, -0.25) is 4.90 Å². The van der Waals surface area contributed by atoms with Crippen LogP contribution in [0.4, 0.5) is 5.69 Å². The standard InChI is InChI=1S/C22H33N3O7S/c1-24(2)17-7-3-6-16-15(17)5-4-8-20(16)33(30,31)23-9-11-32-12-10-25-13-19(27)22(29)21(28)18(25)14-26/h3-8,18-19,21-23,26-29H,9-14H2,1-2H3/t18-,19+,21-,22-/m1/s1. The van der Waals surface area contributed by atoms with Gasteiger partial charge in [0.25, 0.3) is 0 Å². The number of piperidine rings is 1.